The van der Waals surface area contributed by atoms with Crippen LogP contribution in [0.3, 0.4) is 0 Å². The Kier molecular flexibility index (Phi) is 5.87. The SMILES string of the molecule is CO[Si](CCCCc1cccc2ncccc12)(OC)OC. The van der Waals surface area contributed by atoms with E-state index >= 15 is 0 Å². The maximum absolute atomic E-state index is 5.44. The van der Waals surface area contributed by atoms with Crippen LogP contribution in [0.25, 0.3) is 10.9 Å². The van der Waals surface area contributed by atoms with Crippen LogP contribution in [0.5, 0.6) is 0 Å². The third-order valence-corrected chi connectivity index (χ3v) is 6.68. The van der Waals surface area contributed by atoms with E-state index in [9.17, 15) is 0 Å². The molecule has 0 N–H and O–H groups in total. The number of rotatable bonds is 8. The summed E-state index contributed by atoms with van der Waals surface area (Å²) in [5.41, 5.74) is 2.41. The summed E-state index contributed by atoms with van der Waals surface area (Å²) in [6, 6.07) is 11.3. The minimum absolute atomic E-state index is 0.847. The van der Waals surface area contributed by atoms with Crippen molar-refractivity contribution in [1.82, 2.24) is 4.98 Å². The highest BCUT2D eigenvalue weighted by molar-refractivity contribution is 6.60. The molecule has 2 aromatic rings. The zero-order valence-corrected chi connectivity index (χ0v) is 14.0. The molecule has 5 heteroatoms. The average Bonchev–Trinajstić information content (AvgIpc) is 2.56. The molecule has 0 aliphatic heterocycles. The summed E-state index contributed by atoms with van der Waals surface area (Å²) < 4.78 is 16.3. The van der Waals surface area contributed by atoms with Crippen LogP contribution in [0.15, 0.2) is 36.5 Å². The molecule has 0 spiro atoms. The predicted molar refractivity (Wildman–Crippen MR) is 86.3 cm³/mol. The van der Waals surface area contributed by atoms with Gasteiger partial charge < -0.3 is 13.3 Å². The molecule has 21 heavy (non-hydrogen) atoms. The molecule has 0 bridgehead atoms. The Labute approximate surface area is 127 Å². The van der Waals surface area contributed by atoms with Crippen LogP contribution in [0.2, 0.25) is 6.04 Å². The molecule has 114 valence electrons. The molecule has 4 nitrogen and oxygen atoms in total. The molecule has 0 atom stereocenters. The Morgan fingerprint density at radius 1 is 0.952 bits per heavy atom. The van der Waals surface area contributed by atoms with Gasteiger partial charge in [-0.05, 0) is 37.0 Å². The van der Waals surface area contributed by atoms with Gasteiger partial charge in [0.25, 0.3) is 0 Å². The molecular weight excluding hydrogens is 282 g/mol. The Balaban J connectivity index is 1.94. The first-order valence-electron chi connectivity index (χ1n) is 7.23. The van der Waals surface area contributed by atoms with Gasteiger partial charge in [0.1, 0.15) is 0 Å². The Morgan fingerprint density at radius 2 is 1.71 bits per heavy atom. The van der Waals surface area contributed by atoms with Gasteiger partial charge in [0.05, 0.1) is 5.52 Å². The lowest BCUT2D eigenvalue weighted by Gasteiger charge is -2.24. The summed E-state index contributed by atoms with van der Waals surface area (Å²) in [6.07, 6.45) is 4.98. The summed E-state index contributed by atoms with van der Waals surface area (Å²) in [5.74, 6) is 0. The standard InChI is InChI=1S/C16H23NO3Si/c1-18-21(19-2,20-3)13-5-4-8-14-9-6-11-16-15(14)10-7-12-17-16/h6-7,9-12H,4-5,8,13H2,1-3H3. The van der Waals surface area contributed by atoms with Gasteiger partial charge >= 0.3 is 8.80 Å². The van der Waals surface area contributed by atoms with Gasteiger partial charge in [-0.15, -0.1) is 0 Å². The molecule has 0 aliphatic carbocycles. The average molecular weight is 305 g/mol. The van der Waals surface area contributed by atoms with Gasteiger partial charge in [-0.1, -0.05) is 18.2 Å². The normalized spacial score (nSPS) is 12.0. The van der Waals surface area contributed by atoms with Gasteiger partial charge in [-0.25, -0.2) is 0 Å². The largest absolute Gasteiger partial charge is 0.500 e. The van der Waals surface area contributed by atoms with Crippen LogP contribution in [0.1, 0.15) is 18.4 Å². The van der Waals surface area contributed by atoms with Crippen molar-refractivity contribution in [3.8, 4) is 0 Å². The zero-order chi connectivity index (χ0) is 15.1. The summed E-state index contributed by atoms with van der Waals surface area (Å²) >= 11 is 0. The van der Waals surface area contributed by atoms with Gasteiger partial charge in [0, 0.05) is 39.0 Å². The van der Waals surface area contributed by atoms with E-state index < -0.39 is 8.80 Å². The molecule has 0 amide bonds. The van der Waals surface area contributed by atoms with Crippen molar-refractivity contribution in [1.29, 1.82) is 0 Å². The second-order valence-corrected chi connectivity index (χ2v) is 8.08. The highest BCUT2D eigenvalue weighted by atomic mass is 28.4. The zero-order valence-electron chi connectivity index (χ0n) is 13.0. The van der Waals surface area contributed by atoms with Crippen molar-refractivity contribution in [3.63, 3.8) is 0 Å². The molecular formula is C16H23NO3Si. The van der Waals surface area contributed by atoms with Gasteiger partial charge in [0.2, 0.25) is 0 Å². The fourth-order valence-corrected chi connectivity index (χ4v) is 4.39. The van der Waals surface area contributed by atoms with E-state index in [0.29, 0.717) is 0 Å². The fraction of sp³-hybridized carbons (Fsp3) is 0.438. The molecule has 0 saturated carbocycles. The number of nitrogens with zero attached hydrogens (tertiary/aromatic N) is 1. The molecule has 0 aliphatic rings. The summed E-state index contributed by atoms with van der Waals surface area (Å²) in [4.78, 5) is 4.40. The van der Waals surface area contributed by atoms with Crippen molar-refractivity contribution < 1.29 is 13.3 Å². The number of pyridine rings is 1. The Bertz CT molecular complexity index is 559. The fourth-order valence-electron chi connectivity index (χ4n) is 2.60. The number of fused-ring (bicyclic) bond motifs is 1. The van der Waals surface area contributed by atoms with E-state index in [2.05, 4.69) is 29.2 Å². The summed E-state index contributed by atoms with van der Waals surface area (Å²) in [7, 11) is 2.57. The lowest BCUT2D eigenvalue weighted by Crippen LogP contribution is -2.42. The topological polar surface area (TPSA) is 40.6 Å². The molecule has 2 rings (SSSR count). The van der Waals surface area contributed by atoms with Gasteiger partial charge in [-0.2, -0.15) is 0 Å². The minimum atomic E-state index is -2.42. The van der Waals surface area contributed by atoms with E-state index in [1.54, 1.807) is 21.3 Å². The van der Waals surface area contributed by atoms with Crippen LogP contribution in [-0.2, 0) is 19.7 Å². The van der Waals surface area contributed by atoms with Crippen LogP contribution in [0, 0.1) is 0 Å². The molecule has 0 fully saturated rings. The van der Waals surface area contributed by atoms with Crippen LogP contribution < -0.4 is 0 Å². The Morgan fingerprint density at radius 3 is 2.43 bits per heavy atom. The highest BCUT2D eigenvalue weighted by Gasteiger charge is 2.36. The first-order chi connectivity index (χ1) is 10.2. The molecule has 1 heterocycles. The number of hydrogen-bond acceptors (Lipinski definition) is 4. The third-order valence-electron chi connectivity index (χ3n) is 3.85. The second kappa shape index (κ2) is 7.65. The summed E-state index contributed by atoms with van der Waals surface area (Å²) in [5, 5.41) is 1.24. The van der Waals surface area contributed by atoms with E-state index in [4.69, 9.17) is 13.3 Å². The quantitative estimate of drug-likeness (QED) is 0.553. The molecule has 0 saturated heterocycles. The van der Waals surface area contributed by atoms with E-state index in [1.165, 1.54) is 10.9 Å². The smallest absolute Gasteiger partial charge is 0.377 e. The van der Waals surface area contributed by atoms with Crippen molar-refractivity contribution in [2.75, 3.05) is 21.3 Å². The Hall–Kier alpha value is -1.27. The third kappa shape index (κ3) is 3.88. The summed E-state index contributed by atoms with van der Waals surface area (Å²) in [6.45, 7) is 0. The van der Waals surface area contributed by atoms with E-state index in [1.807, 2.05) is 12.3 Å². The van der Waals surface area contributed by atoms with Crippen molar-refractivity contribution in [2.45, 2.75) is 25.3 Å². The lowest BCUT2D eigenvalue weighted by atomic mass is 10.0. The molecule has 1 aromatic carbocycles. The maximum Gasteiger partial charge on any atom is 0.500 e. The number of aryl methyl sites for hydroxylation is 1. The van der Waals surface area contributed by atoms with Gasteiger partial charge in [0.15, 0.2) is 0 Å². The van der Waals surface area contributed by atoms with Crippen molar-refractivity contribution >= 4 is 19.7 Å². The predicted octanol–water partition coefficient (Wildman–Crippen LogP) is 3.44. The highest BCUT2D eigenvalue weighted by Crippen LogP contribution is 2.21. The number of benzene rings is 1. The van der Waals surface area contributed by atoms with E-state index in [-0.39, 0.29) is 0 Å². The number of aromatic nitrogens is 1. The molecule has 0 radical (unpaired) electrons. The first kappa shape index (κ1) is 16.1. The van der Waals surface area contributed by atoms with Crippen molar-refractivity contribution in [3.05, 3.63) is 42.1 Å². The second-order valence-electron chi connectivity index (χ2n) is 4.99. The van der Waals surface area contributed by atoms with Crippen LogP contribution in [-0.4, -0.2) is 35.1 Å². The molecule has 1 aromatic heterocycles. The van der Waals surface area contributed by atoms with Crippen LogP contribution >= 0.6 is 0 Å². The maximum atomic E-state index is 5.44. The monoisotopic (exact) mass is 305 g/mol. The van der Waals surface area contributed by atoms with Gasteiger partial charge in [-0.3, -0.25) is 4.98 Å². The number of hydrogen-bond donors (Lipinski definition) is 0. The first-order valence-corrected chi connectivity index (χ1v) is 9.16. The van der Waals surface area contributed by atoms with E-state index in [0.717, 1.165) is 30.8 Å². The minimum Gasteiger partial charge on any atom is -0.377 e. The van der Waals surface area contributed by atoms with Crippen LogP contribution in [0.4, 0.5) is 0 Å². The lowest BCUT2D eigenvalue weighted by molar-refractivity contribution is 0.123. The van der Waals surface area contributed by atoms with Crippen molar-refractivity contribution in [2.24, 2.45) is 0 Å². The number of unbranched alkanes of at least 4 members (excludes halogenated alkanes) is 1. The molecule has 0 unspecified atom stereocenters.